The first-order chi connectivity index (χ1) is 11.2. The summed E-state index contributed by atoms with van der Waals surface area (Å²) < 4.78 is 10.7. The fourth-order valence-corrected chi connectivity index (χ4v) is 2.60. The number of furan rings is 1. The van der Waals surface area contributed by atoms with Gasteiger partial charge < -0.3 is 9.15 Å². The molecule has 0 radical (unpaired) electrons. The van der Waals surface area contributed by atoms with Crippen molar-refractivity contribution in [3.05, 3.63) is 60.4 Å². The maximum atomic E-state index is 5.50. The van der Waals surface area contributed by atoms with Crippen molar-refractivity contribution in [2.45, 2.75) is 6.92 Å². The second kappa shape index (κ2) is 5.28. The lowest BCUT2D eigenvalue weighted by molar-refractivity contribution is 0.414. The van der Waals surface area contributed by atoms with Gasteiger partial charge >= 0.3 is 0 Å². The Morgan fingerprint density at radius 2 is 1.74 bits per heavy atom. The molecule has 2 heterocycles. The number of benzene rings is 2. The van der Waals surface area contributed by atoms with E-state index in [-0.39, 0.29) is 0 Å². The van der Waals surface area contributed by atoms with E-state index in [0.29, 0.717) is 0 Å². The standard InChI is InChI=1S/C18H15N3O2/c1-12-10-16-17(11-15(12)18-4-3-9-23-18)20-21(19-16)13-5-7-14(22-2)8-6-13/h3-11H,1-2H3. The van der Waals surface area contributed by atoms with Crippen molar-refractivity contribution in [3.8, 4) is 22.8 Å². The van der Waals surface area contributed by atoms with Crippen molar-refractivity contribution in [1.82, 2.24) is 15.0 Å². The number of aryl methyl sites for hydroxylation is 1. The second-order valence-corrected chi connectivity index (χ2v) is 5.32. The number of ether oxygens (including phenoxy) is 1. The van der Waals surface area contributed by atoms with Gasteiger partial charge in [-0.15, -0.1) is 10.2 Å². The molecule has 0 N–H and O–H groups in total. The molecule has 5 nitrogen and oxygen atoms in total. The molecule has 0 unspecified atom stereocenters. The summed E-state index contributed by atoms with van der Waals surface area (Å²) >= 11 is 0. The average Bonchev–Trinajstić information content (AvgIpc) is 3.23. The SMILES string of the molecule is COc1ccc(-n2nc3cc(C)c(-c4ccco4)cc3n2)cc1. The predicted molar refractivity (Wildman–Crippen MR) is 87.9 cm³/mol. The Morgan fingerprint density at radius 3 is 2.39 bits per heavy atom. The van der Waals surface area contributed by atoms with Gasteiger partial charge in [-0.2, -0.15) is 4.80 Å². The maximum absolute atomic E-state index is 5.50. The van der Waals surface area contributed by atoms with Gasteiger partial charge in [-0.25, -0.2) is 0 Å². The molecular formula is C18H15N3O2. The molecule has 0 aliphatic heterocycles. The molecule has 0 saturated carbocycles. The highest BCUT2D eigenvalue weighted by atomic mass is 16.5. The molecule has 0 atom stereocenters. The zero-order valence-electron chi connectivity index (χ0n) is 12.9. The molecule has 114 valence electrons. The predicted octanol–water partition coefficient (Wildman–Crippen LogP) is 4.00. The van der Waals surface area contributed by atoms with Gasteiger partial charge in [-0.3, -0.25) is 0 Å². The molecule has 0 aliphatic rings. The van der Waals surface area contributed by atoms with Crippen molar-refractivity contribution in [2.75, 3.05) is 7.11 Å². The first kappa shape index (κ1) is 13.6. The number of aromatic nitrogens is 3. The van der Waals surface area contributed by atoms with E-state index in [1.165, 1.54) is 0 Å². The quantitative estimate of drug-likeness (QED) is 0.574. The molecule has 0 spiro atoms. The highest BCUT2D eigenvalue weighted by Crippen LogP contribution is 2.27. The molecule has 23 heavy (non-hydrogen) atoms. The van der Waals surface area contributed by atoms with E-state index in [0.717, 1.165) is 39.4 Å². The second-order valence-electron chi connectivity index (χ2n) is 5.32. The molecule has 5 heteroatoms. The lowest BCUT2D eigenvalue weighted by Gasteiger charge is -2.01. The Morgan fingerprint density at radius 1 is 1.00 bits per heavy atom. The molecule has 0 amide bonds. The minimum Gasteiger partial charge on any atom is -0.497 e. The number of nitrogens with zero attached hydrogens (tertiary/aromatic N) is 3. The van der Waals surface area contributed by atoms with Crippen LogP contribution in [0.2, 0.25) is 0 Å². The minimum absolute atomic E-state index is 0.807. The normalized spacial score (nSPS) is 11.0. The third kappa shape index (κ3) is 2.36. The van der Waals surface area contributed by atoms with Gasteiger partial charge in [0, 0.05) is 5.56 Å². The van der Waals surface area contributed by atoms with E-state index in [2.05, 4.69) is 10.2 Å². The zero-order valence-corrected chi connectivity index (χ0v) is 12.9. The number of rotatable bonds is 3. The van der Waals surface area contributed by atoms with Crippen LogP contribution in [0.25, 0.3) is 28.0 Å². The highest BCUT2D eigenvalue weighted by Gasteiger charge is 2.11. The summed E-state index contributed by atoms with van der Waals surface area (Å²) in [6, 6.07) is 15.5. The molecular weight excluding hydrogens is 290 g/mol. The summed E-state index contributed by atoms with van der Waals surface area (Å²) in [5, 5.41) is 9.13. The molecule has 4 rings (SSSR count). The van der Waals surface area contributed by atoms with Crippen LogP contribution in [0.15, 0.2) is 59.2 Å². The van der Waals surface area contributed by atoms with Crippen LogP contribution < -0.4 is 4.74 Å². The Bertz CT molecular complexity index is 954. The Labute approximate surface area is 133 Å². The van der Waals surface area contributed by atoms with Gasteiger partial charge in [0.1, 0.15) is 22.5 Å². The topological polar surface area (TPSA) is 53.1 Å². The van der Waals surface area contributed by atoms with Crippen molar-refractivity contribution in [3.63, 3.8) is 0 Å². The van der Waals surface area contributed by atoms with Crippen LogP contribution in [0.3, 0.4) is 0 Å². The fraction of sp³-hybridized carbons (Fsp3) is 0.111. The lowest BCUT2D eigenvalue weighted by atomic mass is 10.1. The molecule has 0 saturated heterocycles. The van der Waals surface area contributed by atoms with Crippen LogP contribution >= 0.6 is 0 Å². The van der Waals surface area contributed by atoms with Crippen LogP contribution in [-0.4, -0.2) is 22.1 Å². The van der Waals surface area contributed by atoms with Gasteiger partial charge in [-0.1, -0.05) is 0 Å². The maximum Gasteiger partial charge on any atom is 0.134 e. The Balaban J connectivity index is 1.81. The van der Waals surface area contributed by atoms with Gasteiger partial charge in [0.15, 0.2) is 0 Å². The Hall–Kier alpha value is -3.08. The van der Waals surface area contributed by atoms with Crippen molar-refractivity contribution >= 4 is 11.0 Å². The average molecular weight is 305 g/mol. The smallest absolute Gasteiger partial charge is 0.134 e. The van der Waals surface area contributed by atoms with Gasteiger partial charge in [0.05, 0.1) is 19.1 Å². The molecule has 0 aliphatic carbocycles. The van der Waals surface area contributed by atoms with Crippen LogP contribution in [0, 0.1) is 6.92 Å². The summed E-state index contributed by atoms with van der Waals surface area (Å²) in [6.07, 6.45) is 1.67. The van der Waals surface area contributed by atoms with Gasteiger partial charge in [-0.05, 0) is 61.0 Å². The molecule has 0 fully saturated rings. The Kier molecular flexibility index (Phi) is 3.12. The summed E-state index contributed by atoms with van der Waals surface area (Å²) in [5.41, 5.74) is 4.71. The van der Waals surface area contributed by atoms with E-state index in [1.807, 2.05) is 55.5 Å². The van der Waals surface area contributed by atoms with E-state index < -0.39 is 0 Å². The van der Waals surface area contributed by atoms with E-state index >= 15 is 0 Å². The van der Waals surface area contributed by atoms with Crippen LogP contribution in [0.1, 0.15) is 5.56 Å². The minimum atomic E-state index is 0.807. The largest absolute Gasteiger partial charge is 0.497 e. The van der Waals surface area contributed by atoms with Crippen molar-refractivity contribution in [1.29, 1.82) is 0 Å². The number of hydrogen-bond acceptors (Lipinski definition) is 4. The van der Waals surface area contributed by atoms with E-state index in [4.69, 9.17) is 9.15 Å². The summed E-state index contributed by atoms with van der Waals surface area (Å²) in [7, 11) is 1.65. The van der Waals surface area contributed by atoms with E-state index in [9.17, 15) is 0 Å². The number of methoxy groups -OCH3 is 1. The van der Waals surface area contributed by atoms with Crippen molar-refractivity contribution in [2.24, 2.45) is 0 Å². The summed E-state index contributed by atoms with van der Waals surface area (Å²) in [4.78, 5) is 1.63. The fourth-order valence-electron chi connectivity index (χ4n) is 2.60. The highest BCUT2D eigenvalue weighted by molar-refractivity contribution is 5.82. The molecule has 0 bridgehead atoms. The molecule has 4 aromatic rings. The number of hydrogen-bond donors (Lipinski definition) is 0. The van der Waals surface area contributed by atoms with Gasteiger partial charge in [0.2, 0.25) is 0 Å². The van der Waals surface area contributed by atoms with Crippen LogP contribution in [0.4, 0.5) is 0 Å². The third-order valence-corrected chi connectivity index (χ3v) is 3.82. The molecule has 2 aromatic carbocycles. The first-order valence-corrected chi connectivity index (χ1v) is 7.30. The zero-order chi connectivity index (χ0) is 15.8. The number of fused-ring (bicyclic) bond motifs is 1. The van der Waals surface area contributed by atoms with Crippen LogP contribution in [-0.2, 0) is 0 Å². The lowest BCUT2D eigenvalue weighted by Crippen LogP contribution is -1.98. The first-order valence-electron chi connectivity index (χ1n) is 7.30. The van der Waals surface area contributed by atoms with Crippen molar-refractivity contribution < 1.29 is 9.15 Å². The van der Waals surface area contributed by atoms with Crippen LogP contribution in [0.5, 0.6) is 5.75 Å². The molecule has 2 aromatic heterocycles. The van der Waals surface area contributed by atoms with E-state index in [1.54, 1.807) is 18.2 Å². The third-order valence-electron chi connectivity index (χ3n) is 3.82. The van der Waals surface area contributed by atoms with Gasteiger partial charge in [0.25, 0.3) is 0 Å². The summed E-state index contributed by atoms with van der Waals surface area (Å²) in [5.74, 6) is 1.64. The monoisotopic (exact) mass is 305 g/mol. The summed E-state index contributed by atoms with van der Waals surface area (Å²) in [6.45, 7) is 2.05.